The van der Waals surface area contributed by atoms with Gasteiger partial charge in [-0.15, -0.1) is 0 Å². The molecule has 1 N–H and O–H groups in total. The van der Waals surface area contributed by atoms with Crippen LogP contribution >= 0.6 is 0 Å². The summed E-state index contributed by atoms with van der Waals surface area (Å²) in [5.74, 6) is -0.789. The van der Waals surface area contributed by atoms with Crippen molar-refractivity contribution in [3.05, 3.63) is 0 Å². The predicted octanol–water partition coefficient (Wildman–Crippen LogP) is 2.84. The molecule has 0 bridgehead atoms. The molecule has 0 amide bonds. The molecule has 0 aromatic heterocycles. The Hall–Kier alpha value is -0.570. The fraction of sp³-hybridized carbons (Fsp3) is 0.909. The van der Waals surface area contributed by atoms with Crippen molar-refractivity contribution < 1.29 is 14.6 Å². The summed E-state index contributed by atoms with van der Waals surface area (Å²) < 4.78 is 5.35. The minimum absolute atomic E-state index is 0.110. The molecule has 3 heteroatoms. The van der Waals surface area contributed by atoms with E-state index in [4.69, 9.17) is 9.84 Å². The molecule has 0 aromatic carbocycles. The standard InChI is InChI=1S/C11H22O3/c1-3-4-5-6-7-10(2)14-9-8-11(12)13/h10H,3-9H2,1-2H3,(H,12,13). The maximum absolute atomic E-state index is 10.2. The smallest absolute Gasteiger partial charge is 0.305 e. The van der Waals surface area contributed by atoms with Gasteiger partial charge in [0.25, 0.3) is 0 Å². The molecule has 0 heterocycles. The van der Waals surface area contributed by atoms with Crippen LogP contribution in [-0.2, 0) is 9.53 Å². The summed E-state index contributed by atoms with van der Waals surface area (Å²) >= 11 is 0. The van der Waals surface area contributed by atoms with Crippen molar-refractivity contribution in [2.45, 2.75) is 58.5 Å². The van der Waals surface area contributed by atoms with E-state index in [-0.39, 0.29) is 12.5 Å². The lowest BCUT2D eigenvalue weighted by Gasteiger charge is -2.11. The molecular weight excluding hydrogens is 180 g/mol. The van der Waals surface area contributed by atoms with Crippen molar-refractivity contribution in [1.29, 1.82) is 0 Å². The maximum Gasteiger partial charge on any atom is 0.305 e. The van der Waals surface area contributed by atoms with Gasteiger partial charge in [-0.1, -0.05) is 32.6 Å². The van der Waals surface area contributed by atoms with Gasteiger partial charge in [-0.05, 0) is 13.3 Å². The third-order valence-corrected chi connectivity index (χ3v) is 2.18. The number of hydrogen-bond acceptors (Lipinski definition) is 2. The Balaban J connectivity index is 3.19. The summed E-state index contributed by atoms with van der Waals surface area (Å²) in [6.45, 7) is 4.53. The highest BCUT2D eigenvalue weighted by Crippen LogP contribution is 2.07. The maximum atomic E-state index is 10.2. The van der Waals surface area contributed by atoms with Gasteiger partial charge in [0.2, 0.25) is 0 Å². The molecule has 14 heavy (non-hydrogen) atoms. The van der Waals surface area contributed by atoms with Crippen LogP contribution in [0, 0.1) is 0 Å². The third kappa shape index (κ3) is 9.52. The first-order valence-corrected chi connectivity index (χ1v) is 5.50. The monoisotopic (exact) mass is 202 g/mol. The van der Waals surface area contributed by atoms with Gasteiger partial charge in [0.1, 0.15) is 0 Å². The molecule has 3 nitrogen and oxygen atoms in total. The second-order valence-electron chi connectivity index (χ2n) is 3.67. The van der Waals surface area contributed by atoms with Crippen LogP contribution in [0.25, 0.3) is 0 Å². The topological polar surface area (TPSA) is 46.5 Å². The lowest BCUT2D eigenvalue weighted by molar-refractivity contribution is -0.138. The lowest BCUT2D eigenvalue weighted by Crippen LogP contribution is -2.11. The molecule has 0 aliphatic heterocycles. The van der Waals surface area contributed by atoms with Crippen molar-refractivity contribution >= 4 is 5.97 Å². The zero-order valence-corrected chi connectivity index (χ0v) is 9.29. The Morgan fingerprint density at radius 1 is 1.36 bits per heavy atom. The molecule has 0 rings (SSSR count). The Bertz CT molecular complexity index is 145. The van der Waals surface area contributed by atoms with Crippen LogP contribution in [0.5, 0.6) is 0 Å². The number of hydrogen-bond donors (Lipinski definition) is 1. The highest BCUT2D eigenvalue weighted by molar-refractivity contribution is 5.66. The highest BCUT2D eigenvalue weighted by atomic mass is 16.5. The Kier molecular flexibility index (Phi) is 8.64. The van der Waals surface area contributed by atoms with Crippen molar-refractivity contribution in [3.63, 3.8) is 0 Å². The van der Waals surface area contributed by atoms with E-state index in [0.29, 0.717) is 6.61 Å². The molecule has 0 aliphatic rings. The average Bonchev–Trinajstić information content (AvgIpc) is 2.12. The second kappa shape index (κ2) is 9.00. The van der Waals surface area contributed by atoms with E-state index >= 15 is 0 Å². The Morgan fingerprint density at radius 3 is 2.64 bits per heavy atom. The summed E-state index contributed by atoms with van der Waals surface area (Å²) in [6, 6.07) is 0. The van der Waals surface area contributed by atoms with Gasteiger partial charge in [-0.3, -0.25) is 4.79 Å². The van der Waals surface area contributed by atoms with Crippen LogP contribution in [0.15, 0.2) is 0 Å². The molecule has 0 radical (unpaired) electrons. The molecular formula is C11H22O3. The number of rotatable bonds is 9. The SMILES string of the molecule is CCCCCCC(C)OCCC(=O)O. The molecule has 0 saturated carbocycles. The van der Waals surface area contributed by atoms with Crippen LogP contribution in [0.3, 0.4) is 0 Å². The van der Waals surface area contributed by atoms with Crippen molar-refractivity contribution in [1.82, 2.24) is 0 Å². The number of carbonyl (C=O) groups is 1. The van der Waals surface area contributed by atoms with E-state index in [1.807, 2.05) is 6.92 Å². The van der Waals surface area contributed by atoms with Gasteiger partial charge >= 0.3 is 5.97 Å². The normalized spacial score (nSPS) is 12.7. The summed E-state index contributed by atoms with van der Waals surface area (Å²) in [6.07, 6.45) is 6.31. The molecule has 1 atom stereocenters. The number of unbranched alkanes of at least 4 members (excludes halogenated alkanes) is 3. The molecule has 84 valence electrons. The molecule has 0 fully saturated rings. The first-order valence-electron chi connectivity index (χ1n) is 5.50. The zero-order valence-electron chi connectivity index (χ0n) is 9.29. The van der Waals surface area contributed by atoms with E-state index < -0.39 is 5.97 Å². The second-order valence-corrected chi connectivity index (χ2v) is 3.67. The Morgan fingerprint density at radius 2 is 2.07 bits per heavy atom. The number of carboxylic acids is 1. The molecule has 0 saturated heterocycles. The van der Waals surface area contributed by atoms with Crippen LogP contribution in [0.2, 0.25) is 0 Å². The molecule has 1 unspecified atom stereocenters. The van der Waals surface area contributed by atoms with Crippen LogP contribution in [0.1, 0.15) is 52.4 Å². The molecule has 0 spiro atoms. The summed E-state index contributed by atoms with van der Waals surface area (Å²) in [5, 5.41) is 8.39. The summed E-state index contributed by atoms with van der Waals surface area (Å²) in [5.41, 5.74) is 0. The van der Waals surface area contributed by atoms with Gasteiger partial charge in [0, 0.05) is 0 Å². The van der Waals surface area contributed by atoms with Crippen molar-refractivity contribution in [2.75, 3.05) is 6.61 Å². The number of carboxylic acid groups (broad SMARTS) is 1. The van der Waals surface area contributed by atoms with E-state index in [9.17, 15) is 4.79 Å². The van der Waals surface area contributed by atoms with Crippen molar-refractivity contribution in [2.24, 2.45) is 0 Å². The van der Waals surface area contributed by atoms with Crippen LogP contribution in [0.4, 0.5) is 0 Å². The van der Waals surface area contributed by atoms with E-state index in [1.165, 1.54) is 25.7 Å². The zero-order chi connectivity index (χ0) is 10.8. The minimum Gasteiger partial charge on any atom is -0.481 e. The quantitative estimate of drug-likeness (QED) is 0.585. The van der Waals surface area contributed by atoms with E-state index in [2.05, 4.69) is 6.92 Å². The molecule has 0 aromatic rings. The fourth-order valence-electron chi connectivity index (χ4n) is 1.29. The van der Waals surface area contributed by atoms with Gasteiger partial charge in [-0.2, -0.15) is 0 Å². The first kappa shape index (κ1) is 13.4. The predicted molar refractivity (Wildman–Crippen MR) is 56.4 cm³/mol. The largest absolute Gasteiger partial charge is 0.481 e. The van der Waals surface area contributed by atoms with Gasteiger partial charge in [-0.25, -0.2) is 0 Å². The van der Waals surface area contributed by atoms with Crippen LogP contribution in [-0.4, -0.2) is 23.8 Å². The van der Waals surface area contributed by atoms with Gasteiger partial charge in [0.05, 0.1) is 19.1 Å². The van der Waals surface area contributed by atoms with Gasteiger partial charge < -0.3 is 9.84 Å². The van der Waals surface area contributed by atoms with E-state index in [0.717, 1.165) is 6.42 Å². The summed E-state index contributed by atoms with van der Waals surface area (Å²) in [4.78, 5) is 10.2. The summed E-state index contributed by atoms with van der Waals surface area (Å²) in [7, 11) is 0. The number of aliphatic carboxylic acids is 1. The van der Waals surface area contributed by atoms with Gasteiger partial charge in [0.15, 0.2) is 0 Å². The molecule has 0 aliphatic carbocycles. The average molecular weight is 202 g/mol. The lowest BCUT2D eigenvalue weighted by atomic mass is 10.1. The van der Waals surface area contributed by atoms with Crippen molar-refractivity contribution in [3.8, 4) is 0 Å². The fourth-order valence-corrected chi connectivity index (χ4v) is 1.29. The minimum atomic E-state index is -0.789. The van der Waals surface area contributed by atoms with E-state index in [1.54, 1.807) is 0 Å². The number of ether oxygens (including phenoxy) is 1. The highest BCUT2D eigenvalue weighted by Gasteiger charge is 2.03. The first-order chi connectivity index (χ1) is 6.66. The van der Waals surface area contributed by atoms with Crippen LogP contribution < -0.4 is 0 Å². The Labute approximate surface area is 86.5 Å². The third-order valence-electron chi connectivity index (χ3n) is 2.18.